The highest BCUT2D eigenvalue weighted by Gasteiger charge is 2.15. The SMILES string of the molecule is CC(Oc1ccc2cnccc2c1Br)C(=O)O. The number of pyridine rings is 1. The second kappa shape index (κ2) is 4.71. The monoisotopic (exact) mass is 295 g/mol. The number of aliphatic carboxylic acids is 1. The van der Waals surface area contributed by atoms with Gasteiger partial charge in [-0.3, -0.25) is 4.98 Å². The van der Waals surface area contributed by atoms with Crippen molar-refractivity contribution in [3.8, 4) is 5.75 Å². The molecule has 0 fully saturated rings. The van der Waals surface area contributed by atoms with E-state index in [0.717, 1.165) is 15.2 Å². The predicted octanol–water partition coefficient (Wildman–Crippen LogP) is 2.85. The number of rotatable bonds is 3. The second-order valence-electron chi connectivity index (χ2n) is 3.57. The van der Waals surface area contributed by atoms with Crippen LogP contribution in [-0.2, 0) is 4.79 Å². The highest BCUT2D eigenvalue weighted by molar-refractivity contribution is 9.10. The van der Waals surface area contributed by atoms with Gasteiger partial charge in [0.05, 0.1) is 4.47 Å². The Balaban J connectivity index is 2.42. The van der Waals surface area contributed by atoms with E-state index < -0.39 is 12.1 Å². The lowest BCUT2D eigenvalue weighted by Crippen LogP contribution is -2.23. The molecule has 0 spiro atoms. The summed E-state index contributed by atoms with van der Waals surface area (Å²) in [5.74, 6) is -0.481. The lowest BCUT2D eigenvalue weighted by molar-refractivity contribution is -0.144. The molecular formula is C12H10BrNO3. The normalized spacial score (nSPS) is 12.4. The van der Waals surface area contributed by atoms with Crippen molar-refractivity contribution in [3.63, 3.8) is 0 Å². The Morgan fingerprint density at radius 1 is 1.47 bits per heavy atom. The second-order valence-corrected chi connectivity index (χ2v) is 4.37. The number of ether oxygens (including phenoxy) is 1. The van der Waals surface area contributed by atoms with Crippen molar-refractivity contribution >= 4 is 32.7 Å². The zero-order valence-electron chi connectivity index (χ0n) is 9.05. The van der Waals surface area contributed by atoms with E-state index in [4.69, 9.17) is 9.84 Å². The largest absolute Gasteiger partial charge is 0.479 e. The number of carboxylic acid groups (broad SMARTS) is 1. The average Bonchev–Trinajstić information content (AvgIpc) is 2.33. The van der Waals surface area contributed by atoms with Gasteiger partial charge in [0, 0.05) is 23.2 Å². The van der Waals surface area contributed by atoms with Gasteiger partial charge in [0.1, 0.15) is 5.75 Å². The molecule has 88 valence electrons. The van der Waals surface area contributed by atoms with E-state index in [9.17, 15) is 4.79 Å². The summed E-state index contributed by atoms with van der Waals surface area (Å²) in [5, 5.41) is 10.7. The van der Waals surface area contributed by atoms with Gasteiger partial charge in [-0.15, -0.1) is 0 Å². The van der Waals surface area contributed by atoms with Crippen LogP contribution in [0.15, 0.2) is 35.1 Å². The number of halogens is 1. The number of fused-ring (bicyclic) bond motifs is 1. The Morgan fingerprint density at radius 2 is 2.24 bits per heavy atom. The summed E-state index contributed by atoms with van der Waals surface area (Å²) in [6, 6.07) is 5.42. The van der Waals surface area contributed by atoms with Gasteiger partial charge >= 0.3 is 5.97 Å². The van der Waals surface area contributed by atoms with Gasteiger partial charge in [0.2, 0.25) is 0 Å². The van der Waals surface area contributed by atoms with Crippen molar-refractivity contribution in [1.82, 2.24) is 4.98 Å². The number of benzene rings is 1. The molecule has 1 aromatic carbocycles. The van der Waals surface area contributed by atoms with Crippen LogP contribution in [0.1, 0.15) is 6.92 Å². The molecule has 2 rings (SSSR count). The lowest BCUT2D eigenvalue weighted by atomic mass is 10.2. The first-order valence-electron chi connectivity index (χ1n) is 5.01. The van der Waals surface area contributed by atoms with Crippen molar-refractivity contribution in [2.24, 2.45) is 0 Å². The fourth-order valence-electron chi connectivity index (χ4n) is 1.44. The highest BCUT2D eigenvalue weighted by Crippen LogP contribution is 2.33. The van der Waals surface area contributed by atoms with Crippen LogP contribution in [0.5, 0.6) is 5.75 Å². The van der Waals surface area contributed by atoms with E-state index in [1.165, 1.54) is 6.92 Å². The molecule has 0 saturated carbocycles. The Kier molecular flexibility index (Phi) is 3.28. The predicted molar refractivity (Wildman–Crippen MR) is 67.2 cm³/mol. The minimum absolute atomic E-state index is 0.513. The van der Waals surface area contributed by atoms with Gasteiger partial charge in [-0.05, 0) is 41.1 Å². The van der Waals surface area contributed by atoms with E-state index in [-0.39, 0.29) is 0 Å². The Morgan fingerprint density at radius 3 is 2.94 bits per heavy atom. The van der Waals surface area contributed by atoms with Crippen LogP contribution in [0.2, 0.25) is 0 Å². The van der Waals surface area contributed by atoms with Gasteiger partial charge in [0.15, 0.2) is 6.10 Å². The molecule has 4 nitrogen and oxygen atoms in total. The standard InChI is InChI=1S/C12H10BrNO3/c1-7(12(15)16)17-10-3-2-8-6-14-5-4-9(8)11(10)13/h2-7H,1H3,(H,15,16). The van der Waals surface area contributed by atoms with Crippen molar-refractivity contribution in [1.29, 1.82) is 0 Å². The fourth-order valence-corrected chi connectivity index (χ4v) is 2.03. The lowest BCUT2D eigenvalue weighted by Gasteiger charge is -2.13. The quantitative estimate of drug-likeness (QED) is 0.946. The Labute approximate surface area is 106 Å². The van der Waals surface area contributed by atoms with Gasteiger partial charge in [-0.1, -0.05) is 0 Å². The molecule has 0 radical (unpaired) electrons. The third-order valence-corrected chi connectivity index (χ3v) is 3.19. The van der Waals surface area contributed by atoms with E-state index in [1.54, 1.807) is 18.5 Å². The molecule has 2 aromatic rings. The van der Waals surface area contributed by atoms with Gasteiger partial charge in [0.25, 0.3) is 0 Å². The summed E-state index contributed by atoms with van der Waals surface area (Å²) in [5.41, 5.74) is 0. The van der Waals surface area contributed by atoms with Crippen molar-refractivity contribution in [2.75, 3.05) is 0 Å². The minimum Gasteiger partial charge on any atom is -0.479 e. The number of carboxylic acids is 1. The number of carbonyl (C=O) groups is 1. The van der Waals surface area contributed by atoms with Crippen molar-refractivity contribution in [3.05, 3.63) is 35.1 Å². The van der Waals surface area contributed by atoms with Crippen molar-refractivity contribution in [2.45, 2.75) is 13.0 Å². The van der Waals surface area contributed by atoms with Crippen LogP contribution in [0.4, 0.5) is 0 Å². The van der Waals surface area contributed by atoms with E-state index >= 15 is 0 Å². The fraction of sp³-hybridized carbons (Fsp3) is 0.167. The van der Waals surface area contributed by atoms with E-state index in [2.05, 4.69) is 20.9 Å². The molecule has 1 unspecified atom stereocenters. The number of hydrogen-bond donors (Lipinski definition) is 1. The minimum atomic E-state index is -0.994. The Bertz CT molecular complexity index is 571. The van der Waals surface area contributed by atoms with Crippen LogP contribution in [0.25, 0.3) is 10.8 Å². The Hall–Kier alpha value is -1.62. The first-order valence-corrected chi connectivity index (χ1v) is 5.80. The molecule has 1 N–H and O–H groups in total. The maximum atomic E-state index is 10.7. The van der Waals surface area contributed by atoms with E-state index in [1.807, 2.05) is 12.1 Å². The van der Waals surface area contributed by atoms with Gasteiger partial charge < -0.3 is 9.84 Å². The smallest absolute Gasteiger partial charge is 0.344 e. The summed E-state index contributed by atoms with van der Waals surface area (Å²) < 4.78 is 6.09. The zero-order valence-corrected chi connectivity index (χ0v) is 10.6. The summed E-state index contributed by atoms with van der Waals surface area (Å²) in [6.45, 7) is 1.49. The summed E-state index contributed by atoms with van der Waals surface area (Å²) >= 11 is 3.41. The first kappa shape index (κ1) is 11.9. The number of aromatic nitrogens is 1. The molecule has 5 heteroatoms. The van der Waals surface area contributed by atoms with Crippen LogP contribution in [0.3, 0.4) is 0 Å². The molecule has 1 heterocycles. The highest BCUT2D eigenvalue weighted by atomic mass is 79.9. The summed E-state index contributed by atoms with van der Waals surface area (Å²) in [4.78, 5) is 14.7. The van der Waals surface area contributed by atoms with Crippen LogP contribution < -0.4 is 4.74 Å². The third-order valence-electron chi connectivity index (χ3n) is 2.37. The molecule has 0 aliphatic carbocycles. The maximum Gasteiger partial charge on any atom is 0.344 e. The molecular weight excluding hydrogens is 286 g/mol. The molecule has 0 aliphatic heterocycles. The molecule has 0 saturated heterocycles. The number of hydrogen-bond acceptors (Lipinski definition) is 3. The maximum absolute atomic E-state index is 10.7. The van der Waals surface area contributed by atoms with Crippen LogP contribution >= 0.6 is 15.9 Å². The molecule has 0 aliphatic rings. The topological polar surface area (TPSA) is 59.4 Å². The third kappa shape index (κ3) is 2.39. The zero-order chi connectivity index (χ0) is 12.4. The average molecular weight is 296 g/mol. The molecule has 0 amide bonds. The van der Waals surface area contributed by atoms with E-state index in [0.29, 0.717) is 5.75 Å². The van der Waals surface area contributed by atoms with Crippen LogP contribution in [-0.4, -0.2) is 22.2 Å². The van der Waals surface area contributed by atoms with Crippen molar-refractivity contribution < 1.29 is 14.6 Å². The first-order chi connectivity index (χ1) is 8.09. The van der Waals surface area contributed by atoms with Crippen LogP contribution in [0, 0.1) is 0 Å². The molecule has 1 atom stereocenters. The van der Waals surface area contributed by atoms with Gasteiger partial charge in [-0.2, -0.15) is 0 Å². The molecule has 0 bridgehead atoms. The molecule has 17 heavy (non-hydrogen) atoms. The van der Waals surface area contributed by atoms with Gasteiger partial charge in [-0.25, -0.2) is 4.79 Å². The number of nitrogens with zero attached hydrogens (tertiary/aromatic N) is 1. The summed E-state index contributed by atoms with van der Waals surface area (Å²) in [7, 11) is 0. The summed E-state index contributed by atoms with van der Waals surface area (Å²) in [6.07, 6.45) is 2.53. The molecule has 1 aromatic heterocycles.